The zero-order valence-electron chi connectivity index (χ0n) is 12.7. The predicted molar refractivity (Wildman–Crippen MR) is 81.8 cm³/mol. The van der Waals surface area contributed by atoms with Crippen molar-refractivity contribution in [2.24, 2.45) is 5.92 Å². The minimum atomic E-state index is -1.04. The summed E-state index contributed by atoms with van der Waals surface area (Å²) >= 11 is 0. The van der Waals surface area contributed by atoms with Gasteiger partial charge >= 0.3 is 12.0 Å². The third-order valence-corrected chi connectivity index (χ3v) is 4.16. The lowest BCUT2D eigenvalue weighted by Crippen LogP contribution is -2.43. The van der Waals surface area contributed by atoms with Crippen molar-refractivity contribution in [1.29, 1.82) is 0 Å². The topological polar surface area (TPSA) is 78.4 Å². The molecular weight excluding hydrogens is 268 g/mol. The first kappa shape index (κ1) is 15.4. The van der Waals surface area contributed by atoms with Gasteiger partial charge in [-0.05, 0) is 56.7 Å². The lowest BCUT2D eigenvalue weighted by Gasteiger charge is -2.31. The highest BCUT2D eigenvalue weighted by atomic mass is 16.4. The summed E-state index contributed by atoms with van der Waals surface area (Å²) in [6.45, 7) is 5.62. The molecule has 2 rings (SSSR count). The molecule has 0 saturated heterocycles. The Morgan fingerprint density at radius 3 is 2.48 bits per heavy atom. The first-order chi connectivity index (χ1) is 9.88. The second-order valence-corrected chi connectivity index (χ2v) is 5.89. The van der Waals surface area contributed by atoms with Crippen molar-refractivity contribution in [1.82, 2.24) is 5.32 Å². The molecule has 0 aliphatic heterocycles. The fourth-order valence-corrected chi connectivity index (χ4v) is 2.72. The molecule has 5 heteroatoms. The number of benzene rings is 1. The van der Waals surface area contributed by atoms with Gasteiger partial charge in [0.2, 0.25) is 0 Å². The fourth-order valence-electron chi connectivity index (χ4n) is 2.72. The molecule has 1 saturated carbocycles. The van der Waals surface area contributed by atoms with Crippen molar-refractivity contribution >= 4 is 17.7 Å². The summed E-state index contributed by atoms with van der Waals surface area (Å²) in [5.41, 5.74) is 2.10. The molecule has 0 aromatic heterocycles. The summed E-state index contributed by atoms with van der Waals surface area (Å²) in [6, 6.07) is 3.19. The third kappa shape index (κ3) is 3.54. The zero-order valence-corrected chi connectivity index (χ0v) is 12.7. The van der Waals surface area contributed by atoms with Gasteiger partial charge in [0.25, 0.3) is 0 Å². The van der Waals surface area contributed by atoms with Crippen LogP contribution in [0.1, 0.15) is 47.7 Å². The number of aromatic carboxylic acids is 1. The molecule has 114 valence electrons. The highest BCUT2D eigenvalue weighted by Gasteiger charge is 2.25. The van der Waals surface area contributed by atoms with Crippen LogP contribution in [0.2, 0.25) is 0 Å². The number of aryl methyl sites for hydroxylation is 2. The van der Waals surface area contributed by atoms with Crippen molar-refractivity contribution in [3.05, 3.63) is 28.8 Å². The highest BCUT2D eigenvalue weighted by Crippen LogP contribution is 2.29. The Balaban J connectivity index is 2.11. The molecule has 21 heavy (non-hydrogen) atoms. The number of amides is 2. The first-order valence-electron chi connectivity index (χ1n) is 7.30. The summed E-state index contributed by atoms with van der Waals surface area (Å²) in [4.78, 5) is 23.4. The number of anilines is 1. The van der Waals surface area contributed by atoms with E-state index in [2.05, 4.69) is 10.6 Å². The van der Waals surface area contributed by atoms with Gasteiger partial charge in [0.1, 0.15) is 0 Å². The van der Waals surface area contributed by atoms with Gasteiger partial charge in [-0.25, -0.2) is 9.59 Å². The molecule has 2 amide bonds. The summed E-state index contributed by atoms with van der Waals surface area (Å²) in [6.07, 6.45) is 3.51. The van der Waals surface area contributed by atoms with Crippen LogP contribution in [0, 0.1) is 19.8 Å². The van der Waals surface area contributed by atoms with Crippen LogP contribution in [-0.4, -0.2) is 23.1 Å². The second-order valence-electron chi connectivity index (χ2n) is 5.89. The maximum Gasteiger partial charge on any atom is 0.337 e. The molecular formula is C16H22N2O3. The minimum Gasteiger partial charge on any atom is -0.478 e. The molecule has 1 aliphatic carbocycles. The number of carbonyl (C=O) groups is 2. The molecule has 1 unspecified atom stereocenters. The van der Waals surface area contributed by atoms with Gasteiger partial charge < -0.3 is 15.7 Å². The van der Waals surface area contributed by atoms with Gasteiger partial charge in [-0.15, -0.1) is 0 Å². The molecule has 5 nitrogen and oxygen atoms in total. The van der Waals surface area contributed by atoms with E-state index in [1.54, 1.807) is 13.0 Å². The van der Waals surface area contributed by atoms with Gasteiger partial charge in [-0.3, -0.25) is 0 Å². The van der Waals surface area contributed by atoms with Gasteiger partial charge in [0, 0.05) is 6.04 Å². The van der Waals surface area contributed by atoms with Crippen LogP contribution in [0.4, 0.5) is 10.5 Å². The van der Waals surface area contributed by atoms with Crippen LogP contribution < -0.4 is 10.6 Å². The van der Waals surface area contributed by atoms with Crippen LogP contribution in [0.15, 0.2) is 12.1 Å². The van der Waals surface area contributed by atoms with Crippen LogP contribution in [0.3, 0.4) is 0 Å². The van der Waals surface area contributed by atoms with Crippen LogP contribution >= 0.6 is 0 Å². The maximum absolute atomic E-state index is 12.1. The molecule has 1 aliphatic rings. The number of rotatable bonds is 4. The third-order valence-electron chi connectivity index (χ3n) is 4.16. The SMILES string of the molecule is Cc1cc(C)c(NC(=O)NC(C)C2CCC2)c(C(=O)O)c1. The van der Waals surface area contributed by atoms with E-state index in [0.717, 1.165) is 24.0 Å². The predicted octanol–water partition coefficient (Wildman–Crippen LogP) is 3.31. The van der Waals surface area contributed by atoms with E-state index in [4.69, 9.17) is 0 Å². The average molecular weight is 290 g/mol. The van der Waals surface area contributed by atoms with E-state index < -0.39 is 5.97 Å². The number of nitrogens with one attached hydrogen (secondary N) is 2. The zero-order chi connectivity index (χ0) is 15.6. The van der Waals surface area contributed by atoms with Crippen molar-refractivity contribution in [2.45, 2.75) is 46.1 Å². The molecule has 1 aromatic carbocycles. The number of carbonyl (C=O) groups excluding carboxylic acids is 1. The van der Waals surface area contributed by atoms with E-state index in [0.29, 0.717) is 11.6 Å². The van der Waals surface area contributed by atoms with E-state index in [1.165, 1.54) is 6.42 Å². The maximum atomic E-state index is 12.1. The Kier molecular flexibility index (Phi) is 4.50. The van der Waals surface area contributed by atoms with Crippen LogP contribution in [0.5, 0.6) is 0 Å². The highest BCUT2D eigenvalue weighted by molar-refractivity contribution is 6.01. The molecule has 1 fully saturated rings. The molecule has 0 spiro atoms. The van der Waals surface area contributed by atoms with E-state index >= 15 is 0 Å². The normalized spacial score (nSPS) is 16.0. The standard InChI is InChI=1S/C16H22N2O3/c1-9-7-10(2)14(13(8-9)15(19)20)18-16(21)17-11(3)12-5-4-6-12/h7-8,11-12H,4-6H2,1-3H3,(H,19,20)(H2,17,18,21). The quantitative estimate of drug-likeness (QED) is 0.796. The molecule has 0 bridgehead atoms. The molecule has 0 radical (unpaired) electrons. The molecule has 3 N–H and O–H groups in total. The van der Waals surface area contributed by atoms with Gasteiger partial charge in [-0.2, -0.15) is 0 Å². The lowest BCUT2D eigenvalue weighted by atomic mass is 9.80. The van der Waals surface area contributed by atoms with Crippen LogP contribution in [0.25, 0.3) is 0 Å². The summed E-state index contributed by atoms with van der Waals surface area (Å²) in [5.74, 6) is -0.502. The average Bonchev–Trinajstić information content (AvgIpc) is 2.29. The van der Waals surface area contributed by atoms with Crippen molar-refractivity contribution < 1.29 is 14.7 Å². The Hall–Kier alpha value is -2.04. The molecule has 1 atom stereocenters. The smallest absolute Gasteiger partial charge is 0.337 e. The van der Waals surface area contributed by atoms with Crippen molar-refractivity contribution in [2.75, 3.05) is 5.32 Å². The monoisotopic (exact) mass is 290 g/mol. The number of carboxylic acid groups (broad SMARTS) is 1. The van der Waals surface area contributed by atoms with E-state index in [1.807, 2.05) is 19.9 Å². The number of urea groups is 1. The largest absolute Gasteiger partial charge is 0.478 e. The number of carboxylic acids is 1. The first-order valence-corrected chi connectivity index (χ1v) is 7.30. The summed E-state index contributed by atoms with van der Waals surface area (Å²) < 4.78 is 0. The van der Waals surface area contributed by atoms with Gasteiger partial charge in [0.05, 0.1) is 11.3 Å². The second kappa shape index (κ2) is 6.16. The number of hydrogen-bond donors (Lipinski definition) is 3. The molecule has 1 aromatic rings. The van der Waals surface area contributed by atoms with E-state index in [9.17, 15) is 14.7 Å². The minimum absolute atomic E-state index is 0.109. The van der Waals surface area contributed by atoms with Gasteiger partial charge in [0.15, 0.2) is 0 Å². The van der Waals surface area contributed by atoms with E-state index in [-0.39, 0.29) is 17.6 Å². The Morgan fingerprint density at radius 2 is 1.95 bits per heavy atom. The lowest BCUT2D eigenvalue weighted by molar-refractivity contribution is 0.0698. The summed E-state index contributed by atoms with van der Waals surface area (Å²) in [5, 5.41) is 14.9. The van der Waals surface area contributed by atoms with Gasteiger partial charge in [-0.1, -0.05) is 12.5 Å². The van der Waals surface area contributed by atoms with Crippen molar-refractivity contribution in [3.63, 3.8) is 0 Å². The Morgan fingerprint density at radius 1 is 1.29 bits per heavy atom. The summed E-state index contributed by atoms with van der Waals surface area (Å²) in [7, 11) is 0. The fraction of sp³-hybridized carbons (Fsp3) is 0.500. The Labute approximate surface area is 124 Å². The molecule has 0 heterocycles. The van der Waals surface area contributed by atoms with Crippen molar-refractivity contribution in [3.8, 4) is 0 Å². The number of hydrogen-bond acceptors (Lipinski definition) is 2. The van der Waals surface area contributed by atoms with Crippen LogP contribution in [-0.2, 0) is 0 Å². The Bertz CT molecular complexity index is 565.